The summed E-state index contributed by atoms with van der Waals surface area (Å²) >= 11 is 0. The molecule has 0 spiro atoms. The molecule has 1 aromatic heterocycles. The lowest BCUT2D eigenvalue weighted by molar-refractivity contribution is -0.134. The number of aromatic amines is 1. The second-order valence-corrected chi connectivity index (χ2v) is 4.84. The lowest BCUT2D eigenvalue weighted by Gasteiger charge is -2.17. The number of methoxy groups -OCH3 is 1. The summed E-state index contributed by atoms with van der Waals surface area (Å²) < 4.78 is 10.5. The number of aromatic nitrogens is 2. The van der Waals surface area contributed by atoms with E-state index in [0.717, 1.165) is 30.0 Å². The zero-order valence-corrected chi connectivity index (χ0v) is 12.1. The van der Waals surface area contributed by atoms with E-state index in [9.17, 15) is 24.6 Å². The highest BCUT2D eigenvalue weighted by atomic mass is 16.6. The van der Waals surface area contributed by atoms with Crippen LogP contribution in [0.2, 0.25) is 0 Å². The van der Waals surface area contributed by atoms with Crippen LogP contribution >= 0.6 is 0 Å². The molecule has 126 valence electrons. The summed E-state index contributed by atoms with van der Waals surface area (Å²) in [4.78, 5) is 36.7. The monoisotopic (exact) mass is 328 g/mol. The standard InChI is InChI=1S/C13H16N2O8/c1-22-8(17)3-2-6-4-15(13(21)14-11(6)20)12-10(19)9(18)7(5-16)23-12/h2-4,7,9-10,12,16,18-19H,5H2,1H3,(H,14,20,21)/b3-2+/t7-,9?,10+,12-/m1/s1. The number of esters is 1. The highest BCUT2D eigenvalue weighted by Crippen LogP contribution is 2.27. The largest absolute Gasteiger partial charge is 0.466 e. The summed E-state index contributed by atoms with van der Waals surface area (Å²) in [5.74, 6) is -0.699. The van der Waals surface area contributed by atoms with E-state index in [4.69, 9.17) is 9.84 Å². The highest BCUT2D eigenvalue weighted by molar-refractivity contribution is 5.86. The molecule has 4 N–H and O–H groups in total. The SMILES string of the molecule is COC(=O)/C=C/c1cn([C@@H]2O[C@H](CO)C(O)[C@@H]2O)c(=O)[nH]c1=O. The molecule has 10 nitrogen and oxygen atoms in total. The average Bonchev–Trinajstić information content (AvgIpc) is 2.81. The minimum atomic E-state index is -1.48. The number of aliphatic hydroxyl groups excluding tert-OH is 3. The van der Waals surface area contributed by atoms with Crippen LogP contribution in [-0.2, 0) is 14.3 Å². The van der Waals surface area contributed by atoms with Gasteiger partial charge in [-0.2, -0.15) is 0 Å². The molecule has 0 bridgehead atoms. The number of aliphatic hydroxyl groups is 3. The number of H-pyrrole nitrogens is 1. The van der Waals surface area contributed by atoms with Gasteiger partial charge >= 0.3 is 11.7 Å². The number of hydrogen-bond donors (Lipinski definition) is 4. The van der Waals surface area contributed by atoms with E-state index in [1.807, 2.05) is 4.98 Å². The van der Waals surface area contributed by atoms with Gasteiger partial charge in [-0.25, -0.2) is 9.59 Å². The maximum Gasteiger partial charge on any atom is 0.330 e. The third-order valence-corrected chi connectivity index (χ3v) is 3.39. The summed E-state index contributed by atoms with van der Waals surface area (Å²) in [5.41, 5.74) is -1.69. The quantitative estimate of drug-likeness (QED) is 0.345. The van der Waals surface area contributed by atoms with E-state index < -0.39 is 48.4 Å². The third-order valence-electron chi connectivity index (χ3n) is 3.39. The molecule has 1 aromatic rings. The van der Waals surface area contributed by atoms with Gasteiger partial charge in [0.1, 0.15) is 18.3 Å². The fraction of sp³-hybridized carbons (Fsp3) is 0.462. The van der Waals surface area contributed by atoms with Crippen LogP contribution in [0.5, 0.6) is 0 Å². The molecule has 0 amide bonds. The van der Waals surface area contributed by atoms with Crippen LogP contribution in [0.3, 0.4) is 0 Å². The molecule has 0 aliphatic carbocycles. The number of hydrogen-bond acceptors (Lipinski definition) is 8. The molecule has 23 heavy (non-hydrogen) atoms. The molecule has 0 radical (unpaired) electrons. The number of rotatable bonds is 4. The zero-order valence-electron chi connectivity index (χ0n) is 12.1. The summed E-state index contributed by atoms with van der Waals surface area (Å²) in [5, 5.41) is 28.7. The van der Waals surface area contributed by atoms with Crippen LogP contribution in [-0.4, -0.2) is 62.9 Å². The van der Waals surface area contributed by atoms with Gasteiger partial charge in [0.25, 0.3) is 5.56 Å². The van der Waals surface area contributed by atoms with Crippen molar-refractivity contribution in [1.29, 1.82) is 0 Å². The van der Waals surface area contributed by atoms with E-state index >= 15 is 0 Å². The number of carbonyl (C=O) groups is 1. The maximum atomic E-state index is 11.9. The van der Waals surface area contributed by atoms with E-state index in [0.29, 0.717) is 0 Å². The number of nitrogens with zero attached hydrogens (tertiary/aromatic N) is 1. The molecule has 1 aliphatic rings. The molecule has 1 unspecified atom stereocenters. The van der Waals surface area contributed by atoms with Crippen LogP contribution < -0.4 is 11.2 Å². The number of carbonyl (C=O) groups excluding carboxylic acids is 1. The summed E-state index contributed by atoms with van der Waals surface area (Å²) in [6, 6.07) is 0. The Morgan fingerprint density at radius 2 is 2.13 bits per heavy atom. The molecule has 4 atom stereocenters. The molecule has 0 saturated carbocycles. The highest BCUT2D eigenvalue weighted by Gasteiger charge is 2.43. The molecule has 1 aliphatic heterocycles. The van der Waals surface area contributed by atoms with E-state index in [2.05, 4.69) is 4.74 Å². The van der Waals surface area contributed by atoms with Gasteiger partial charge < -0.3 is 24.8 Å². The van der Waals surface area contributed by atoms with Crippen molar-refractivity contribution in [2.24, 2.45) is 0 Å². The van der Waals surface area contributed by atoms with Crippen molar-refractivity contribution in [2.45, 2.75) is 24.5 Å². The predicted molar refractivity (Wildman–Crippen MR) is 75.4 cm³/mol. The molecular weight excluding hydrogens is 312 g/mol. The second-order valence-electron chi connectivity index (χ2n) is 4.84. The Labute approximate surface area is 129 Å². The van der Waals surface area contributed by atoms with Gasteiger partial charge in [0, 0.05) is 12.3 Å². The first-order valence-corrected chi connectivity index (χ1v) is 6.63. The van der Waals surface area contributed by atoms with Crippen molar-refractivity contribution in [2.75, 3.05) is 13.7 Å². The van der Waals surface area contributed by atoms with Crippen molar-refractivity contribution in [3.63, 3.8) is 0 Å². The van der Waals surface area contributed by atoms with Gasteiger partial charge in [-0.15, -0.1) is 0 Å². The Kier molecular flexibility index (Phi) is 5.11. The van der Waals surface area contributed by atoms with Crippen molar-refractivity contribution in [1.82, 2.24) is 9.55 Å². The van der Waals surface area contributed by atoms with E-state index in [1.165, 1.54) is 0 Å². The smallest absolute Gasteiger partial charge is 0.330 e. The lowest BCUT2D eigenvalue weighted by Crippen LogP contribution is -2.38. The van der Waals surface area contributed by atoms with Crippen molar-refractivity contribution in [3.05, 3.63) is 38.7 Å². The molecule has 0 aromatic carbocycles. The van der Waals surface area contributed by atoms with Crippen molar-refractivity contribution in [3.8, 4) is 0 Å². The first-order valence-electron chi connectivity index (χ1n) is 6.63. The number of ether oxygens (including phenoxy) is 2. The van der Waals surface area contributed by atoms with E-state index in [1.54, 1.807) is 0 Å². The first kappa shape index (κ1) is 17.1. The second kappa shape index (κ2) is 6.87. The Hall–Kier alpha value is -2.27. The lowest BCUT2D eigenvalue weighted by atomic mass is 10.1. The van der Waals surface area contributed by atoms with Gasteiger partial charge in [0.15, 0.2) is 6.23 Å². The van der Waals surface area contributed by atoms with Gasteiger partial charge in [0.2, 0.25) is 0 Å². The topological polar surface area (TPSA) is 151 Å². The van der Waals surface area contributed by atoms with Crippen molar-refractivity contribution >= 4 is 12.0 Å². The van der Waals surface area contributed by atoms with E-state index in [-0.39, 0.29) is 5.56 Å². The summed E-state index contributed by atoms with van der Waals surface area (Å²) in [7, 11) is 1.16. The fourth-order valence-corrected chi connectivity index (χ4v) is 2.14. The maximum absolute atomic E-state index is 11.9. The van der Waals surface area contributed by atoms with Crippen LogP contribution in [0.25, 0.3) is 6.08 Å². The van der Waals surface area contributed by atoms with Gasteiger partial charge in [-0.05, 0) is 6.08 Å². The van der Waals surface area contributed by atoms with Crippen LogP contribution in [0, 0.1) is 0 Å². The zero-order chi connectivity index (χ0) is 17.1. The molecule has 1 saturated heterocycles. The third kappa shape index (κ3) is 3.40. The Morgan fingerprint density at radius 1 is 1.43 bits per heavy atom. The average molecular weight is 328 g/mol. The first-order chi connectivity index (χ1) is 10.9. The molecule has 10 heteroatoms. The van der Waals surface area contributed by atoms with Crippen LogP contribution in [0.1, 0.15) is 11.8 Å². The van der Waals surface area contributed by atoms with Gasteiger partial charge in [0.05, 0.1) is 19.3 Å². The number of nitrogens with one attached hydrogen (secondary N) is 1. The van der Waals surface area contributed by atoms with Gasteiger partial charge in [-0.3, -0.25) is 14.3 Å². The fourth-order valence-electron chi connectivity index (χ4n) is 2.14. The Morgan fingerprint density at radius 3 is 2.70 bits per heavy atom. The van der Waals surface area contributed by atoms with Crippen LogP contribution in [0.4, 0.5) is 0 Å². The van der Waals surface area contributed by atoms with Gasteiger partial charge in [-0.1, -0.05) is 0 Å². The molecule has 2 rings (SSSR count). The molecule has 2 heterocycles. The normalized spacial score (nSPS) is 27.5. The van der Waals surface area contributed by atoms with Crippen LogP contribution in [0.15, 0.2) is 21.9 Å². The molecule has 1 fully saturated rings. The molecular formula is C13H16N2O8. The minimum Gasteiger partial charge on any atom is -0.466 e. The Bertz CT molecular complexity index is 721. The summed E-state index contributed by atoms with van der Waals surface area (Å²) in [6.07, 6.45) is -2.05. The minimum absolute atomic E-state index is 0.0623. The summed E-state index contributed by atoms with van der Waals surface area (Å²) in [6.45, 7) is -0.554. The predicted octanol–water partition coefficient (Wildman–Crippen LogP) is -2.67. The van der Waals surface area contributed by atoms with Crippen molar-refractivity contribution < 1.29 is 29.6 Å². The Balaban J connectivity index is 2.40.